The van der Waals surface area contributed by atoms with Gasteiger partial charge in [0.1, 0.15) is 5.82 Å². The fraction of sp³-hybridized carbons (Fsp3) is 0.538. The molecular formula is C13H17ClFN. The standard InChI is InChI=1S/C13H17ClFN/c1-8-5-11(8)13(16-2)6-9-3-4-10(14)7-12(9)15/h3-4,7-8,11,13,16H,5-6H2,1-2H3. The number of likely N-dealkylation sites (N-methyl/N-ethyl adjacent to an activating group) is 1. The van der Waals surface area contributed by atoms with Crippen molar-refractivity contribution < 1.29 is 4.39 Å². The first-order valence-electron chi connectivity index (χ1n) is 5.73. The van der Waals surface area contributed by atoms with Crippen molar-refractivity contribution in [3.05, 3.63) is 34.6 Å². The van der Waals surface area contributed by atoms with Crippen LogP contribution in [0.2, 0.25) is 5.02 Å². The summed E-state index contributed by atoms with van der Waals surface area (Å²) in [5.41, 5.74) is 0.753. The molecule has 0 bridgehead atoms. The van der Waals surface area contributed by atoms with E-state index >= 15 is 0 Å². The zero-order valence-corrected chi connectivity index (χ0v) is 10.4. The van der Waals surface area contributed by atoms with Gasteiger partial charge in [0, 0.05) is 11.1 Å². The van der Waals surface area contributed by atoms with Gasteiger partial charge in [0.2, 0.25) is 0 Å². The predicted octanol–water partition coefficient (Wildman–Crippen LogP) is 3.27. The van der Waals surface area contributed by atoms with Gasteiger partial charge in [-0.2, -0.15) is 0 Å². The van der Waals surface area contributed by atoms with Crippen molar-refractivity contribution in [1.82, 2.24) is 5.32 Å². The molecule has 88 valence electrons. The number of benzene rings is 1. The van der Waals surface area contributed by atoms with E-state index in [2.05, 4.69) is 12.2 Å². The van der Waals surface area contributed by atoms with Crippen molar-refractivity contribution in [2.75, 3.05) is 7.05 Å². The minimum absolute atomic E-state index is 0.193. The lowest BCUT2D eigenvalue weighted by atomic mass is 10.0. The van der Waals surface area contributed by atoms with Crippen LogP contribution in [0.1, 0.15) is 18.9 Å². The second-order valence-electron chi connectivity index (χ2n) is 4.71. The predicted molar refractivity (Wildman–Crippen MR) is 65.2 cm³/mol. The molecule has 1 fully saturated rings. The molecule has 0 aromatic heterocycles. The Labute approximate surface area is 101 Å². The Morgan fingerprint density at radius 1 is 1.56 bits per heavy atom. The van der Waals surface area contributed by atoms with Gasteiger partial charge < -0.3 is 5.32 Å². The number of rotatable bonds is 4. The topological polar surface area (TPSA) is 12.0 Å². The maximum absolute atomic E-state index is 13.6. The zero-order valence-electron chi connectivity index (χ0n) is 9.63. The summed E-state index contributed by atoms with van der Waals surface area (Å²) >= 11 is 5.73. The lowest BCUT2D eigenvalue weighted by Crippen LogP contribution is -2.30. The first-order valence-corrected chi connectivity index (χ1v) is 6.10. The third-order valence-electron chi connectivity index (χ3n) is 3.51. The molecular weight excluding hydrogens is 225 g/mol. The molecule has 0 saturated heterocycles. The fourth-order valence-corrected chi connectivity index (χ4v) is 2.46. The molecule has 1 saturated carbocycles. The fourth-order valence-electron chi connectivity index (χ4n) is 2.30. The summed E-state index contributed by atoms with van der Waals surface area (Å²) < 4.78 is 13.6. The average Bonchev–Trinajstić information content (AvgIpc) is 2.94. The first kappa shape index (κ1) is 11.9. The van der Waals surface area contributed by atoms with Crippen LogP contribution >= 0.6 is 11.6 Å². The molecule has 1 N–H and O–H groups in total. The number of hydrogen-bond donors (Lipinski definition) is 1. The normalized spacial score (nSPS) is 25.5. The van der Waals surface area contributed by atoms with Crippen LogP contribution in [0.15, 0.2) is 18.2 Å². The molecule has 3 heteroatoms. The van der Waals surface area contributed by atoms with Crippen LogP contribution < -0.4 is 5.32 Å². The lowest BCUT2D eigenvalue weighted by molar-refractivity contribution is 0.469. The minimum atomic E-state index is -0.193. The van der Waals surface area contributed by atoms with E-state index in [1.165, 1.54) is 12.5 Å². The highest BCUT2D eigenvalue weighted by Crippen LogP contribution is 2.41. The van der Waals surface area contributed by atoms with Crippen LogP contribution in [0, 0.1) is 17.7 Å². The maximum atomic E-state index is 13.6. The third kappa shape index (κ3) is 2.55. The molecule has 0 heterocycles. The molecule has 1 aliphatic carbocycles. The van der Waals surface area contributed by atoms with Gasteiger partial charge in [-0.05, 0) is 49.4 Å². The number of hydrogen-bond acceptors (Lipinski definition) is 1. The van der Waals surface area contributed by atoms with Gasteiger partial charge in [-0.25, -0.2) is 4.39 Å². The summed E-state index contributed by atoms with van der Waals surface area (Å²) in [7, 11) is 1.95. The van der Waals surface area contributed by atoms with Gasteiger partial charge in [-0.3, -0.25) is 0 Å². The van der Waals surface area contributed by atoms with Gasteiger partial charge in [-0.15, -0.1) is 0 Å². The Morgan fingerprint density at radius 2 is 2.25 bits per heavy atom. The van der Waals surface area contributed by atoms with Crippen LogP contribution in [-0.4, -0.2) is 13.1 Å². The lowest BCUT2D eigenvalue weighted by Gasteiger charge is -2.16. The van der Waals surface area contributed by atoms with E-state index in [1.54, 1.807) is 12.1 Å². The first-order chi connectivity index (χ1) is 7.61. The summed E-state index contributed by atoms with van der Waals surface area (Å²) in [6.45, 7) is 2.24. The monoisotopic (exact) mass is 241 g/mol. The van der Waals surface area contributed by atoms with Crippen LogP contribution in [0.5, 0.6) is 0 Å². The Balaban J connectivity index is 2.07. The van der Waals surface area contributed by atoms with E-state index in [4.69, 9.17) is 11.6 Å². The van der Waals surface area contributed by atoms with E-state index in [9.17, 15) is 4.39 Å². The highest BCUT2D eigenvalue weighted by atomic mass is 35.5. The summed E-state index contributed by atoms with van der Waals surface area (Å²) in [6, 6.07) is 5.31. The molecule has 0 spiro atoms. The van der Waals surface area contributed by atoms with E-state index in [0.717, 1.165) is 17.9 Å². The van der Waals surface area contributed by atoms with Gasteiger partial charge in [0.25, 0.3) is 0 Å². The summed E-state index contributed by atoms with van der Waals surface area (Å²) in [6.07, 6.45) is 2.00. The molecule has 0 amide bonds. The molecule has 3 atom stereocenters. The highest BCUT2D eigenvalue weighted by molar-refractivity contribution is 6.30. The van der Waals surface area contributed by atoms with E-state index in [0.29, 0.717) is 17.0 Å². The minimum Gasteiger partial charge on any atom is -0.316 e. The Bertz CT molecular complexity index is 380. The van der Waals surface area contributed by atoms with Gasteiger partial charge in [0.15, 0.2) is 0 Å². The molecule has 1 aromatic carbocycles. The molecule has 3 unspecified atom stereocenters. The summed E-state index contributed by atoms with van der Waals surface area (Å²) in [5, 5.41) is 3.75. The third-order valence-corrected chi connectivity index (χ3v) is 3.75. The molecule has 0 radical (unpaired) electrons. The van der Waals surface area contributed by atoms with Crippen molar-refractivity contribution in [2.45, 2.75) is 25.8 Å². The van der Waals surface area contributed by atoms with Crippen molar-refractivity contribution in [3.8, 4) is 0 Å². The second-order valence-corrected chi connectivity index (χ2v) is 5.15. The summed E-state index contributed by atoms with van der Waals surface area (Å²) in [5.74, 6) is 1.27. The highest BCUT2D eigenvalue weighted by Gasteiger charge is 2.38. The number of nitrogens with one attached hydrogen (secondary N) is 1. The molecule has 0 aliphatic heterocycles. The quantitative estimate of drug-likeness (QED) is 0.853. The van der Waals surface area contributed by atoms with Crippen molar-refractivity contribution >= 4 is 11.6 Å². The largest absolute Gasteiger partial charge is 0.316 e. The van der Waals surface area contributed by atoms with Crippen LogP contribution in [0.25, 0.3) is 0 Å². The molecule has 2 rings (SSSR count). The Kier molecular flexibility index (Phi) is 3.50. The van der Waals surface area contributed by atoms with E-state index < -0.39 is 0 Å². The van der Waals surface area contributed by atoms with Crippen molar-refractivity contribution in [3.63, 3.8) is 0 Å². The summed E-state index contributed by atoms with van der Waals surface area (Å²) in [4.78, 5) is 0. The molecule has 1 nitrogen and oxygen atoms in total. The van der Waals surface area contributed by atoms with Crippen LogP contribution in [0.4, 0.5) is 4.39 Å². The number of halogens is 2. The smallest absolute Gasteiger partial charge is 0.127 e. The molecule has 1 aromatic rings. The average molecular weight is 242 g/mol. The van der Waals surface area contributed by atoms with Crippen molar-refractivity contribution in [2.24, 2.45) is 11.8 Å². The second kappa shape index (κ2) is 4.72. The Hall–Kier alpha value is -0.600. The van der Waals surface area contributed by atoms with Gasteiger partial charge in [0.05, 0.1) is 0 Å². The molecule has 16 heavy (non-hydrogen) atoms. The Morgan fingerprint density at radius 3 is 2.75 bits per heavy atom. The SMILES string of the molecule is CNC(Cc1ccc(Cl)cc1F)C1CC1C. The van der Waals surface area contributed by atoms with Gasteiger partial charge in [-0.1, -0.05) is 24.6 Å². The molecule has 1 aliphatic rings. The van der Waals surface area contributed by atoms with Crippen molar-refractivity contribution in [1.29, 1.82) is 0 Å². The van der Waals surface area contributed by atoms with Gasteiger partial charge >= 0.3 is 0 Å². The van der Waals surface area contributed by atoms with E-state index in [-0.39, 0.29) is 5.82 Å². The maximum Gasteiger partial charge on any atom is 0.127 e. The zero-order chi connectivity index (χ0) is 11.7. The van der Waals surface area contributed by atoms with Crippen LogP contribution in [0.3, 0.4) is 0 Å². The van der Waals surface area contributed by atoms with Crippen LogP contribution in [-0.2, 0) is 6.42 Å². The van der Waals surface area contributed by atoms with E-state index in [1.807, 2.05) is 7.05 Å².